The first kappa shape index (κ1) is 13.9. The first-order valence-corrected chi connectivity index (χ1v) is 7.30. The summed E-state index contributed by atoms with van der Waals surface area (Å²) >= 11 is 0. The smallest absolute Gasteiger partial charge is 0.223 e. The van der Waals surface area contributed by atoms with Crippen molar-refractivity contribution in [2.24, 2.45) is 0 Å². The topological polar surface area (TPSA) is 41.1 Å². The number of rotatable bonds is 4. The van der Waals surface area contributed by atoms with Gasteiger partial charge in [-0.15, -0.1) is 0 Å². The van der Waals surface area contributed by atoms with E-state index in [0.717, 1.165) is 32.5 Å². The van der Waals surface area contributed by atoms with E-state index in [0.29, 0.717) is 12.0 Å². The Balaban J connectivity index is 1.57. The maximum Gasteiger partial charge on any atom is 0.223 e. The molecule has 0 saturated carbocycles. The molecule has 0 radical (unpaired) electrons. The summed E-state index contributed by atoms with van der Waals surface area (Å²) in [6.07, 6.45) is 4.62. The van der Waals surface area contributed by atoms with Crippen LogP contribution < -0.4 is 5.32 Å². The molecule has 110 valence electrons. The fraction of sp³-hybridized carbons (Fsp3) is 0.375. The van der Waals surface area contributed by atoms with Gasteiger partial charge in [-0.1, -0.05) is 30.3 Å². The van der Waals surface area contributed by atoms with Crippen LogP contribution in [0.3, 0.4) is 0 Å². The molecular formula is C16H19FN4. The molecule has 1 aliphatic rings. The summed E-state index contributed by atoms with van der Waals surface area (Å²) in [6, 6.07) is 10.8. The Morgan fingerprint density at radius 1 is 1.19 bits per heavy atom. The van der Waals surface area contributed by atoms with Crippen molar-refractivity contribution in [1.82, 2.24) is 14.9 Å². The van der Waals surface area contributed by atoms with Crippen molar-refractivity contribution in [2.75, 3.05) is 18.4 Å². The molecule has 0 bridgehead atoms. The molecule has 1 aliphatic heterocycles. The van der Waals surface area contributed by atoms with Crippen LogP contribution in [-0.4, -0.2) is 34.0 Å². The number of hydrogen-bond donors (Lipinski definition) is 1. The second-order valence-corrected chi connectivity index (χ2v) is 5.43. The van der Waals surface area contributed by atoms with Gasteiger partial charge in [0.2, 0.25) is 5.95 Å². The summed E-state index contributed by atoms with van der Waals surface area (Å²) in [5.41, 5.74) is 1.33. The maximum atomic E-state index is 12.8. The number of aromatic nitrogens is 2. The quantitative estimate of drug-likeness (QED) is 0.938. The van der Waals surface area contributed by atoms with E-state index in [4.69, 9.17) is 0 Å². The third-order valence-electron chi connectivity index (χ3n) is 3.71. The molecule has 0 aliphatic carbocycles. The normalized spacial score (nSPS) is 19.4. The molecule has 2 heterocycles. The Hall–Kier alpha value is -2.01. The van der Waals surface area contributed by atoms with E-state index in [1.54, 1.807) is 0 Å². The highest BCUT2D eigenvalue weighted by Crippen LogP contribution is 2.16. The van der Waals surface area contributed by atoms with Crippen LogP contribution in [0.4, 0.5) is 10.3 Å². The second kappa shape index (κ2) is 6.63. The molecular weight excluding hydrogens is 267 g/mol. The highest BCUT2D eigenvalue weighted by atomic mass is 19.1. The van der Waals surface area contributed by atoms with Crippen LogP contribution >= 0.6 is 0 Å². The predicted octanol–water partition coefficient (Wildman–Crippen LogP) is 2.69. The van der Waals surface area contributed by atoms with Gasteiger partial charge in [0, 0.05) is 19.1 Å². The van der Waals surface area contributed by atoms with Crippen molar-refractivity contribution < 1.29 is 4.39 Å². The third-order valence-corrected chi connectivity index (χ3v) is 3.71. The molecule has 1 aromatic carbocycles. The van der Waals surface area contributed by atoms with Crippen LogP contribution in [-0.2, 0) is 6.54 Å². The summed E-state index contributed by atoms with van der Waals surface area (Å²) in [5, 5.41) is 3.29. The van der Waals surface area contributed by atoms with Crippen molar-refractivity contribution >= 4 is 5.95 Å². The number of halogens is 1. The SMILES string of the molecule is Fc1cnc(NC2CCCN(Cc3ccccc3)C2)nc1. The highest BCUT2D eigenvalue weighted by Gasteiger charge is 2.20. The summed E-state index contributed by atoms with van der Waals surface area (Å²) in [7, 11) is 0. The Bertz CT molecular complexity index is 558. The van der Waals surface area contributed by atoms with Crippen molar-refractivity contribution in [3.05, 3.63) is 54.1 Å². The number of likely N-dealkylation sites (tertiary alicyclic amines) is 1. The number of anilines is 1. The summed E-state index contributed by atoms with van der Waals surface area (Å²) in [4.78, 5) is 10.4. The minimum Gasteiger partial charge on any atom is -0.350 e. The molecule has 0 amide bonds. The highest BCUT2D eigenvalue weighted by molar-refractivity contribution is 5.25. The van der Waals surface area contributed by atoms with Crippen LogP contribution in [0.15, 0.2) is 42.7 Å². The zero-order valence-corrected chi connectivity index (χ0v) is 11.9. The van der Waals surface area contributed by atoms with Gasteiger partial charge in [-0.25, -0.2) is 14.4 Å². The van der Waals surface area contributed by atoms with Gasteiger partial charge >= 0.3 is 0 Å². The fourth-order valence-electron chi connectivity index (χ4n) is 2.73. The van der Waals surface area contributed by atoms with E-state index in [1.807, 2.05) is 6.07 Å². The second-order valence-electron chi connectivity index (χ2n) is 5.43. The van der Waals surface area contributed by atoms with E-state index >= 15 is 0 Å². The number of nitrogens with one attached hydrogen (secondary N) is 1. The zero-order valence-electron chi connectivity index (χ0n) is 11.9. The van der Waals surface area contributed by atoms with Crippen LogP contribution in [0.5, 0.6) is 0 Å². The molecule has 1 atom stereocenters. The van der Waals surface area contributed by atoms with Crippen molar-refractivity contribution in [1.29, 1.82) is 0 Å². The summed E-state index contributed by atoms with van der Waals surface area (Å²) in [5.74, 6) is 0.0952. The molecule has 1 N–H and O–H groups in total. The first-order valence-electron chi connectivity index (χ1n) is 7.30. The minimum absolute atomic E-state index is 0.313. The van der Waals surface area contributed by atoms with Crippen molar-refractivity contribution in [3.8, 4) is 0 Å². The van der Waals surface area contributed by atoms with Crippen LogP contribution in [0.1, 0.15) is 18.4 Å². The lowest BCUT2D eigenvalue weighted by molar-refractivity contribution is 0.208. The standard InChI is InChI=1S/C16H19FN4/c17-14-9-18-16(19-10-14)20-15-7-4-8-21(12-15)11-13-5-2-1-3-6-13/h1-3,5-6,9-10,15H,4,7-8,11-12H2,(H,18,19,20). The van der Waals surface area contributed by atoms with E-state index in [2.05, 4.69) is 44.5 Å². The monoisotopic (exact) mass is 286 g/mol. The maximum absolute atomic E-state index is 12.8. The van der Waals surface area contributed by atoms with Gasteiger partial charge in [0.1, 0.15) is 0 Å². The Morgan fingerprint density at radius 3 is 2.71 bits per heavy atom. The van der Waals surface area contributed by atoms with Gasteiger partial charge in [-0.05, 0) is 24.9 Å². The molecule has 0 spiro atoms. The number of nitrogens with zero attached hydrogens (tertiary/aromatic N) is 3. The van der Waals surface area contributed by atoms with Crippen molar-refractivity contribution in [2.45, 2.75) is 25.4 Å². The van der Waals surface area contributed by atoms with Gasteiger partial charge in [0.25, 0.3) is 0 Å². The lowest BCUT2D eigenvalue weighted by Gasteiger charge is -2.33. The molecule has 3 rings (SSSR count). The van der Waals surface area contributed by atoms with Gasteiger partial charge in [-0.2, -0.15) is 0 Å². The lowest BCUT2D eigenvalue weighted by atomic mass is 10.0. The van der Waals surface area contributed by atoms with E-state index in [-0.39, 0.29) is 0 Å². The molecule has 1 fully saturated rings. The fourth-order valence-corrected chi connectivity index (χ4v) is 2.73. The predicted molar refractivity (Wildman–Crippen MR) is 80.4 cm³/mol. The van der Waals surface area contributed by atoms with Crippen molar-refractivity contribution in [3.63, 3.8) is 0 Å². The Morgan fingerprint density at radius 2 is 1.95 bits per heavy atom. The average Bonchev–Trinajstić information content (AvgIpc) is 2.51. The van der Waals surface area contributed by atoms with Gasteiger partial charge in [0.05, 0.1) is 12.4 Å². The Kier molecular flexibility index (Phi) is 4.40. The number of hydrogen-bond acceptors (Lipinski definition) is 4. The number of piperidine rings is 1. The summed E-state index contributed by atoms with van der Waals surface area (Å²) < 4.78 is 12.8. The van der Waals surface area contributed by atoms with Crippen LogP contribution in [0.25, 0.3) is 0 Å². The molecule has 21 heavy (non-hydrogen) atoms. The Labute approximate surface area is 124 Å². The molecule has 5 heteroatoms. The number of benzene rings is 1. The van der Waals surface area contributed by atoms with E-state index in [9.17, 15) is 4.39 Å². The van der Waals surface area contributed by atoms with E-state index in [1.165, 1.54) is 18.0 Å². The third kappa shape index (κ3) is 3.98. The molecule has 1 unspecified atom stereocenters. The average molecular weight is 286 g/mol. The van der Waals surface area contributed by atoms with Crippen LogP contribution in [0, 0.1) is 5.82 Å². The van der Waals surface area contributed by atoms with Gasteiger partial charge < -0.3 is 5.32 Å². The largest absolute Gasteiger partial charge is 0.350 e. The van der Waals surface area contributed by atoms with Crippen LogP contribution in [0.2, 0.25) is 0 Å². The zero-order chi connectivity index (χ0) is 14.5. The first-order chi connectivity index (χ1) is 10.3. The summed E-state index contributed by atoms with van der Waals surface area (Å²) in [6.45, 7) is 3.02. The molecule has 1 saturated heterocycles. The molecule has 2 aromatic rings. The van der Waals surface area contributed by atoms with Gasteiger partial charge in [0.15, 0.2) is 5.82 Å². The van der Waals surface area contributed by atoms with Gasteiger partial charge in [-0.3, -0.25) is 4.90 Å². The van der Waals surface area contributed by atoms with E-state index < -0.39 is 5.82 Å². The minimum atomic E-state index is -0.408. The lowest BCUT2D eigenvalue weighted by Crippen LogP contribution is -2.41. The molecule has 1 aromatic heterocycles. The molecule has 4 nitrogen and oxygen atoms in total.